The standard InChI is InChI=1S/C20H20N4O2/c1-13(18-8-3-4-11-21-18)24(17-9-10-17)20(25)16-7-5-6-15(12-16)19-23-22-14(2)26-19/h3-8,11-13,17H,9-10H2,1-2H3/t13-/m1/s1. The average Bonchev–Trinajstić information content (AvgIpc) is 3.41. The lowest BCUT2D eigenvalue weighted by Crippen LogP contribution is -2.36. The van der Waals surface area contributed by atoms with E-state index in [9.17, 15) is 4.79 Å². The van der Waals surface area contributed by atoms with Gasteiger partial charge in [0.05, 0.1) is 11.7 Å². The van der Waals surface area contributed by atoms with Gasteiger partial charge in [-0.2, -0.15) is 0 Å². The minimum Gasteiger partial charge on any atom is -0.421 e. The Bertz CT molecular complexity index is 918. The van der Waals surface area contributed by atoms with Gasteiger partial charge < -0.3 is 9.32 Å². The molecule has 0 unspecified atom stereocenters. The average molecular weight is 348 g/mol. The highest BCUT2D eigenvalue weighted by Gasteiger charge is 2.37. The molecule has 0 spiro atoms. The number of hydrogen-bond acceptors (Lipinski definition) is 5. The molecular formula is C20H20N4O2. The number of aromatic nitrogens is 3. The largest absolute Gasteiger partial charge is 0.421 e. The molecule has 2 heterocycles. The van der Waals surface area contributed by atoms with E-state index in [4.69, 9.17) is 4.42 Å². The molecule has 1 aliphatic rings. The van der Waals surface area contributed by atoms with E-state index >= 15 is 0 Å². The van der Waals surface area contributed by atoms with Crippen molar-refractivity contribution in [2.45, 2.75) is 38.8 Å². The minimum atomic E-state index is -0.0782. The quantitative estimate of drug-likeness (QED) is 0.701. The van der Waals surface area contributed by atoms with E-state index in [-0.39, 0.29) is 18.0 Å². The SMILES string of the molecule is Cc1nnc(-c2cccc(C(=O)N(C3CC3)[C@H](C)c3ccccn3)c2)o1. The van der Waals surface area contributed by atoms with Crippen molar-refractivity contribution in [3.8, 4) is 11.5 Å². The molecule has 132 valence electrons. The summed E-state index contributed by atoms with van der Waals surface area (Å²) < 4.78 is 5.48. The van der Waals surface area contributed by atoms with Gasteiger partial charge in [-0.25, -0.2) is 0 Å². The predicted molar refractivity (Wildman–Crippen MR) is 96.3 cm³/mol. The number of aryl methyl sites for hydroxylation is 1. The van der Waals surface area contributed by atoms with Gasteiger partial charge in [0.2, 0.25) is 11.8 Å². The molecule has 6 nitrogen and oxygen atoms in total. The fraction of sp³-hybridized carbons (Fsp3) is 0.300. The minimum absolute atomic E-state index is 0.00346. The normalized spacial score (nSPS) is 14.8. The van der Waals surface area contributed by atoms with E-state index < -0.39 is 0 Å². The molecule has 1 aliphatic carbocycles. The third kappa shape index (κ3) is 3.22. The van der Waals surface area contributed by atoms with Crippen LogP contribution in [-0.2, 0) is 0 Å². The van der Waals surface area contributed by atoms with Crippen molar-refractivity contribution >= 4 is 5.91 Å². The van der Waals surface area contributed by atoms with Crippen LogP contribution in [0.4, 0.5) is 0 Å². The van der Waals surface area contributed by atoms with E-state index in [0.717, 1.165) is 24.1 Å². The van der Waals surface area contributed by atoms with Crippen LogP contribution in [0.5, 0.6) is 0 Å². The first-order chi connectivity index (χ1) is 12.6. The predicted octanol–water partition coefficient (Wildman–Crippen LogP) is 3.81. The summed E-state index contributed by atoms with van der Waals surface area (Å²) in [4.78, 5) is 19.6. The Hall–Kier alpha value is -3.02. The Morgan fingerprint density at radius 3 is 2.69 bits per heavy atom. The summed E-state index contributed by atoms with van der Waals surface area (Å²) >= 11 is 0. The number of carbonyl (C=O) groups is 1. The van der Waals surface area contributed by atoms with Gasteiger partial charge in [0.25, 0.3) is 5.91 Å². The summed E-state index contributed by atoms with van der Waals surface area (Å²) in [6.07, 6.45) is 3.83. The topological polar surface area (TPSA) is 72.1 Å². The Kier molecular flexibility index (Phi) is 4.24. The van der Waals surface area contributed by atoms with Crippen molar-refractivity contribution < 1.29 is 9.21 Å². The van der Waals surface area contributed by atoms with Crippen LogP contribution >= 0.6 is 0 Å². The van der Waals surface area contributed by atoms with Crippen LogP contribution in [0.25, 0.3) is 11.5 Å². The van der Waals surface area contributed by atoms with Crippen molar-refractivity contribution in [2.75, 3.05) is 0 Å². The maximum atomic E-state index is 13.3. The number of pyridine rings is 1. The zero-order valence-electron chi connectivity index (χ0n) is 14.8. The maximum absolute atomic E-state index is 13.3. The van der Waals surface area contributed by atoms with Crippen molar-refractivity contribution in [1.82, 2.24) is 20.1 Å². The Morgan fingerprint density at radius 1 is 1.19 bits per heavy atom. The molecule has 0 saturated heterocycles. The molecule has 0 bridgehead atoms. The first-order valence-corrected chi connectivity index (χ1v) is 8.77. The van der Waals surface area contributed by atoms with Crippen LogP contribution in [0.2, 0.25) is 0 Å². The molecule has 1 fully saturated rings. The second kappa shape index (κ2) is 6.71. The lowest BCUT2D eigenvalue weighted by molar-refractivity contribution is 0.0670. The summed E-state index contributed by atoms with van der Waals surface area (Å²) in [6, 6.07) is 13.4. The van der Waals surface area contributed by atoms with Gasteiger partial charge in [0.15, 0.2) is 0 Å². The molecule has 1 aromatic carbocycles. The second-order valence-electron chi connectivity index (χ2n) is 6.58. The number of nitrogens with zero attached hydrogens (tertiary/aromatic N) is 4. The van der Waals surface area contributed by atoms with E-state index in [2.05, 4.69) is 15.2 Å². The number of carbonyl (C=O) groups excluding carboxylic acids is 1. The highest BCUT2D eigenvalue weighted by Crippen LogP contribution is 2.35. The number of hydrogen-bond donors (Lipinski definition) is 0. The zero-order valence-corrected chi connectivity index (χ0v) is 14.8. The van der Waals surface area contributed by atoms with E-state index in [1.54, 1.807) is 13.1 Å². The van der Waals surface area contributed by atoms with Gasteiger partial charge in [-0.15, -0.1) is 10.2 Å². The summed E-state index contributed by atoms with van der Waals surface area (Å²) in [6.45, 7) is 3.78. The van der Waals surface area contributed by atoms with Crippen molar-refractivity contribution in [3.05, 3.63) is 65.8 Å². The van der Waals surface area contributed by atoms with Crippen molar-refractivity contribution in [3.63, 3.8) is 0 Å². The molecule has 6 heteroatoms. The first kappa shape index (κ1) is 16.4. The molecule has 1 atom stereocenters. The highest BCUT2D eigenvalue weighted by molar-refractivity contribution is 5.95. The molecule has 1 amide bonds. The van der Waals surface area contributed by atoms with Crippen LogP contribution in [0.15, 0.2) is 53.1 Å². The fourth-order valence-electron chi connectivity index (χ4n) is 3.12. The Morgan fingerprint density at radius 2 is 2.04 bits per heavy atom. The summed E-state index contributed by atoms with van der Waals surface area (Å²) in [5, 5.41) is 7.90. The Balaban J connectivity index is 1.64. The maximum Gasteiger partial charge on any atom is 0.254 e. The number of rotatable bonds is 5. The molecule has 3 aromatic rings. The third-order valence-corrected chi connectivity index (χ3v) is 4.59. The molecule has 26 heavy (non-hydrogen) atoms. The van der Waals surface area contributed by atoms with Crippen molar-refractivity contribution in [2.24, 2.45) is 0 Å². The van der Waals surface area contributed by atoms with Crippen molar-refractivity contribution in [1.29, 1.82) is 0 Å². The van der Waals surface area contributed by atoms with E-state index in [0.29, 0.717) is 17.3 Å². The fourth-order valence-corrected chi connectivity index (χ4v) is 3.12. The van der Waals surface area contributed by atoms with Gasteiger partial charge >= 0.3 is 0 Å². The van der Waals surface area contributed by atoms with Crippen LogP contribution in [-0.4, -0.2) is 32.0 Å². The molecule has 0 radical (unpaired) electrons. The van der Waals surface area contributed by atoms with E-state index in [1.807, 2.05) is 54.3 Å². The van der Waals surface area contributed by atoms with Crippen LogP contribution in [0.1, 0.15) is 47.7 Å². The van der Waals surface area contributed by atoms with Crippen LogP contribution < -0.4 is 0 Å². The smallest absolute Gasteiger partial charge is 0.254 e. The van der Waals surface area contributed by atoms with E-state index in [1.165, 1.54) is 0 Å². The third-order valence-electron chi connectivity index (χ3n) is 4.59. The second-order valence-corrected chi connectivity index (χ2v) is 6.58. The molecular weight excluding hydrogens is 328 g/mol. The van der Waals surface area contributed by atoms with Gasteiger partial charge in [0, 0.05) is 30.3 Å². The number of amides is 1. The summed E-state index contributed by atoms with van der Waals surface area (Å²) in [7, 11) is 0. The first-order valence-electron chi connectivity index (χ1n) is 8.77. The van der Waals surface area contributed by atoms with Gasteiger partial charge in [0.1, 0.15) is 0 Å². The van der Waals surface area contributed by atoms with Gasteiger partial charge in [-0.3, -0.25) is 9.78 Å². The van der Waals surface area contributed by atoms with Gasteiger partial charge in [-0.05, 0) is 50.1 Å². The molecule has 0 aliphatic heterocycles. The van der Waals surface area contributed by atoms with Crippen LogP contribution in [0.3, 0.4) is 0 Å². The summed E-state index contributed by atoms with van der Waals surface area (Å²) in [5.41, 5.74) is 2.27. The molecule has 1 saturated carbocycles. The Labute approximate surface area is 151 Å². The highest BCUT2D eigenvalue weighted by atomic mass is 16.4. The lowest BCUT2D eigenvalue weighted by Gasteiger charge is -2.29. The monoisotopic (exact) mass is 348 g/mol. The zero-order chi connectivity index (χ0) is 18.1. The summed E-state index contributed by atoms with van der Waals surface area (Å²) in [5.74, 6) is 0.928. The van der Waals surface area contributed by atoms with Crippen LogP contribution in [0, 0.1) is 6.92 Å². The lowest BCUT2D eigenvalue weighted by atomic mass is 10.1. The van der Waals surface area contributed by atoms with Gasteiger partial charge in [-0.1, -0.05) is 12.1 Å². The molecule has 0 N–H and O–H groups in total. The molecule has 4 rings (SSSR count). The molecule has 2 aromatic heterocycles. The number of benzene rings is 1.